The number of nitrogens with one attached hydrogen (secondary N) is 2. The van der Waals surface area contributed by atoms with E-state index >= 15 is 0 Å². The molecule has 0 saturated carbocycles. The molecule has 0 bridgehead atoms. The maximum atomic E-state index is 13.5. The number of nitrogens with zero attached hydrogens (tertiary/aromatic N) is 1. The highest BCUT2D eigenvalue weighted by molar-refractivity contribution is 7.80. The maximum absolute atomic E-state index is 13.5. The number of thiocarbonyl (C=S) groups is 1. The molecule has 7 heteroatoms. The predicted octanol–water partition coefficient (Wildman–Crippen LogP) is 1.85. The third-order valence-electron chi connectivity index (χ3n) is 3.18. The van der Waals surface area contributed by atoms with Gasteiger partial charge < -0.3 is 15.5 Å². The van der Waals surface area contributed by atoms with Crippen LogP contribution in [0.3, 0.4) is 0 Å². The number of likely N-dealkylation sites (N-methyl/N-ethyl adjacent to an activating group) is 1. The van der Waals surface area contributed by atoms with E-state index in [-0.39, 0.29) is 5.91 Å². The smallest absolute Gasteiger partial charge is 0.253 e. The standard InChI is InChI=1S/C14H15F2N3OS/c1-7-11(13(20)19(2)3)12(18-14(21)17-7)8-4-5-9(15)10(16)6-8/h4-6,12H,1-3H3,(H2,17,18,21)/t12-/m0/s1. The van der Waals surface area contributed by atoms with Crippen LogP contribution in [0.5, 0.6) is 0 Å². The van der Waals surface area contributed by atoms with Gasteiger partial charge in [-0.25, -0.2) is 8.78 Å². The Kier molecular flexibility index (Phi) is 4.22. The fourth-order valence-electron chi connectivity index (χ4n) is 2.16. The lowest BCUT2D eigenvalue weighted by molar-refractivity contribution is -0.125. The number of halogens is 2. The molecule has 1 aromatic rings. The molecule has 0 spiro atoms. The van der Waals surface area contributed by atoms with Gasteiger partial charge in [0.25, 0.3) is 5.91 Å². The average molecular weight is 311 g/mol. The second kappa shape index (κ2) is 5.77. The molecule has 0 saturated heterocycles. The van der Waals surface area contributed by atoms with Crippen molar-refractivity contribution < 1.29 is 13.6 Å². The molecule has 1 aromatic carbocycles. The summed E-state index contributed by atoms with van der Waals surface area (Å²) >= 11 is 5.07. The van der Waals surface area contributed by atoms with Gasteiger partial charge in [0.05, 0.1) is 11.6 Å². The van der Waals surface area contributed by atoms with E-state index in [0.717, 1.165) is 12.1 Å². The number of carbonyl (C=O) groups is 1. The maximum Gasteiger partial charge on any atom is 0.253 e. The summed E-state index contributed by atoms with van der Waals surface area (Å²) in [6.07, 6.45) is 0. The minimum atomic E-state index is -0.965. The summed E-state index contributed by atoms with van der Waals surface area (Å²) in [4.78, 5) is 13.7. The van der Waals surface area contributed by atoms with Crippen LogP contribution in [0.25, 0.3) is 0 Å². The van der Waals surface area contributed by atoms with E-state index in [1.54, 1.807) is 21.0 Å². The Morgan fingerprint density at radius 2 is 1.95 bits per heavy atom. The molecule has 2 rings (SSSR count). The average Bonchev–Trinajstić information content (AvgIpc) is 2.40. The van der Waals surface area contributed by atoms with E-state index in [0.29, 0.717) is 21.9 Å². The largest absolute Gasteiger partial charge is 0.351 e. The van der Waals surface area contributed by atoms with Gasteiger partial charge in [0, 0.05) is 19.8 Å². The molecule has 0 aliphatic carbocycles. The Bertz CT molecular complexity index is 643. The molecular formula is C14H15F2N3OS. The first-order valence-corrected chi connectivity index (χ1v) is 6.67. The summed E-state index contributed by atoms with van der Waals surface area (Å²) in [6.45, 7) is 1.72. The summed E-state index contributed by atoms with van der Waals surface area (Å²) in [7, 11) is 3.25. The van der Waals surface area contributed by atoms with E-state index in [9.17, 15) is 13.6 Å². The third-order valence-corrected chi connectivity index (χ3v) is 3.40. The molecule has 1 heterocycles. The van der Waals surface area contributed by atoms with Crippen LogP contribution in [-0.2, 0) is 4.79 Å². The first kappa shape index (κ1) is 15.4. The van der Waals surface area contributed by atoms with Crippen LogP contribution in [0.2, 0.25) is 0 Å². The topological polar surface area (TPSA) is 44.4 Å². The first-order valence-electron chi connectivity index (χ1n) is 6.26. The van der Waals surface area contributed by atoms with E-state index in [1.165, 1.54) is 11.0 Å². The van der Waals surface area contributed by atoms with Crippen molar-refractivity contribution in [3.8, 4) is 0 Å². The zero-order chi connectivity index (χ0) is 15.7. The zero-order valence-electron chi connectivity index (χ0n) is 11.8. The lowest BCUT2D eigenvalue weighted by Gasteiger charge is -2.31. The molecule has 0 aromatic heterocycles. The zero-order valence-corrected chi connectivity index (χ0v) is 12.6. The predicted molar refractivity (Wildman–Crippen MR) is 79.4 cm³/mol. The Hall–Kier alpha value is -2.02. The Labute approximate surface area is 126 Å². The van der Waals surface area contributed by atoms with Crippen molar-refractivity contribution in [2.75, 3.05) is 14.1 Å². The Morgan fingerprint density at radius 3 is 2.52 bits per heavy atom. The van der Waals surface area contributed by atoms with Crippen molar-refractivity contribution >= 4 is 23.2 Å². The highest BCUT2D eigenvalue weighted by Gasteiger charge is 2.31. The van der Waals surface area contributed by atoms with Crippen LogP contribution in [0.4, 0.5) is 8.78 Å². The van der Waals surface area contributed by atoms with Crippen molar-refractivity contribution in [1.29, 1.82) is 0 Å². The van der Waals surface area contributed by atoms with Gasteiger partial charge in [-0.15, -0.1) is 0 Å². The van der Waals surface area contributed by atoms with Crippen molar-refractivity contribution in [1.82, 2.24) is 15.5 Å². The van der Waals surface area contributed by atoms with Crippen molar-refractivity contribution in [2.24, 2.45) is 0 Å². The van der Waals surface area contributed by atoms with Gasteiger partial charge >= 0.3 is 0 Å². The van der Waals surface area contributed by atoms with Gasteiger partial charge in [-0.2, -0.15) is 0 Å². The number of amides is 1. The molecule has 1 aliphatic heterocycles. The lowest BCUT2D eigenvalue weighted by Crippen LogP contribution is -2.46. The van der Waals surface area contributed by atoms with Crippen LogP contribution in [0.15, 0.2) is 29.5 Å². The van der Waals surface area contributed by atoms with Gasteiger partial charge in [-0.3, -0.25) is 4.79 Å². The fraction of sp³-hybridized carbons (Fsp3) is 0.286. The molecule has 1 aliphatic rings. The molecule has 0 radical (unpaired) electrons. The summed E-state index contributed by atoms with van der Waals surface area (Å²) in [6, 6.07) is 2.91. The quantitative estimate of drug-likeness (QED) is 0.818. The van der Waals surface area contributed by atoms with Gasteiger partial charge in [-0.05, 0) is 36.8 Å². The molecule has 2 N–H and O–H groups in total. The molecule has 4 nitrogen and oxygen atoms in total. The Balaban J connectivity index is 2.52. The summed E-state index contributed by atoms with van der Waals surface area (Å²) < 4.78 is 26.5. The summed E-state index contributed by atoms with van der Waals surface area (Å²) in [5.74, 6) is -2.13. The normalized spacial score (nSPS) is 18.1. The number of benzene rings is 1. The van der Waals surface area contributed by atoms with E-state index < -0.39 is 17.7 Å². The number of carbonyl (C=O) groups excluding carboxylic acids is 1. The van der Waals surface area contributed by atoms with Crippen LogP contribution in [0, 0.1) is 11.6 Å². The lowest BCUT2D eigenvalue weighted by atomic mass is 9.94. The second-order valence-corrected chi connectivity index (χ2v) is 5.35. The molecule has 21 heavy (non-hydrogen) atoms. The SMILES string of the molecule is CC1=C(C(=O)N(C)C)[C@H](c2ccc(F)c(F)c2)NC(=S)N1. The molecule has 112 valence electrons. The molecule has 1 amide bonds. The van der Waals surface area contributed by atoms with E-state index in [2.05, 4.69) is 10.6 Å². The highest BCUT2D eigenvalue weighted by Crippen LogP contribution is 2.28. The number of hydrogen-bond donors (Lipinski definition) is 2. The first-order chi connectivity index (χ1) is 9.81. The number of hydrogen-bond acceptors (Lipinski definition) is 2. The number of allylic oxidation sites excluding steroid dienone is 1. The highest BCUT2D eigenvalue weighted by atomic mass is 32.1. The summed E-state index contributed by atoms with van der Waals surface area (Å²) in [5, 5.41) is 6.13. The van der Waals surface area contributed by atoms with Crippen molar-refractivity contribution in [3.05, 3.63) is 46.7 Å². The minimum absolute atomic E-state index is 0.232. The fourth-order valence-corrected chi connectivity index (χ4v) is 2.43. The van der Waals surface area contributed by atoms with Crippen molar-refractivity contribution in [3.63, 3.8) is 0 Å². The molecule has 0 unspecified atom stereocenters. The van der Waals surface area contributed by atoms with Gasteiger partial charge in [0.1, 0.15) is 0 Å². The van der Waals surface area contributed by atoms with Crippen LogP contribution >= 0.6 is 12.2 Å². The van der Waals surface area contributed by atoms with Crippen LogP contribution < -0.4 is 10.6 Å². The molecular weight excluding hydrogens is 296 g/mol. The van der Waals surface area contributed by atoms with Crippen molar-refractivity contribution in [2.45, 2.75) is 13.0 Å². The monoisotopic (exact) mass is 311 g/mol. The van der Waals surface area contributed by atoms with Gasteiger partial charge in [0.15, 0.2) is 16.7 Å². The van der Waals surface area contributed by atoms with Gasteiger partial charge in [-0.1, -0.05) is 6.07 Å². The summed E-state index contributed by atoms with van der Waals surface area (Å²) in [5.41, 5.74) is 1.44. The number of rotatable bonds is 2. The molecule has 0 fully saturated rings. The van der Waals surface area contributed by atoms with E-state index in [4.69, 9.17) is 12.2 Å². The molecule has 1 atom stereocenters. The van der Waals surface area contributed by atoms with Crippen LogP contribution in [0.1, 0.15) is 18.5 Å². The minimum Gasteiger partial charge on any atom is -0.351 e. The van der Waals surface area contributed by atoms with E-state index in [1.807, 2.05) is 0 Å². The third kappa shape index (κ3) is 3.02. The van der Waals surface area contributed by atoms with Gasteiger partial charge in [0.2, 0.25) is 0 Å². The van der Waals surface area contributed by atoms with Crippen LogP contribution in [-0.4, -0.2) is 30.0 Å². The second-order valence-electron chi connectivity index (χ2n) is 4.94. The Morgan fingerprint density at radius 1 is 1.29 bits per heavy atom.